The van der Waals surface area contributed by atoms with Crippen LogP contribution in [0, 0.1) is 19.7 Å². The molecule has 2 rings (SSSR count). The number of hydrogen-bond acceptors (Lipinski definition) is 2. The van der Waals surface area contributed by atoms with Gasteiger partial charge in [0.25, 0.3) is 0 Å². The number of nitrogens with zero attached hydrogens (tertiary/aromatic N) is 1. The standard InChI is InChI=1S/C16H19FN2/c1-4-19-16(15-10-18-6-5-12(15)3)13-7-11(2)8-14(17)9-13/h5-10,16,19H,4H2,1-3H3. The fourth-order valence-electron chi connectivity index (χ4n) is 2.32. The molecule has 1 N–H and O–H groups in total. The molecule has 100 valence electrons. The third-order valence-corrected chi connectivity index (χ3v) is 3.20. The molecule has 1 atom stereocenters. The molecule has 1 unspecified atom stereocenters. The van der Waals surface area contributed by atoms with E-state index in [-0.39, 0.29) is 11.9 Å². The predicted molar refractivity (Wildman–Crippen MR) is 75.6 cm³/mol. The van der Waals surface area contributed by atoms with Gasteiger partial charge in [-0.05, 0) is 60.8 Å². The maximum atomic E-state index is 13.6. The lowest BCUT2D eigenvalue weighted by molar-refractivity contribution is 0.599. The van der Waals surface area contributed by atoms with Gasteiger partial charge < -0.3 is 5.32 Å². The van der Waals surface area contributed by atoms with Crippen molar-refractivity contribution in [3.8, 4) is 0 Å². The number of halogens is 1. The highest BCUT2D eigenvalue weighted by atomic mass is 19.1. The normalized spacial score (nSPS) is 12.4. The summed E-state index contributed by atoms with van der Waals surface area (Å²) >= 11 is 0. The molecular weight excluding hydrogens is 239 g/mol. The molecule has 0 aliphatic rings. The molecule has 0 aliphatic carbocycles. The minimum Gasteiger partial charge on any atom is -0.306 e. The Morgan fingerprint density at radius 2 is 2.05 bits per heavy atom. The Kier molecular flexibility index (Phi) is 4.27. The fraction of sp³-hybridized carbons (Fsp3) is 0.312. The molecule has 1 aromatic carbocycles. The van der Waals surface area contributed by atoms with Crippen LogP contribution in [0.5, 0.6) is 0 Å². The molecule has 1 heterocycles. The summed E-state index contributed by atoms with van der Waals surface area (Å²) in [5, 5.41) is 3.40. The highest BCUT2D eigenvalue weighted by molar-refractivity contribution is 5.36. The summed E-state index contributed by atoms with van der Waals surface area (Å²) < 4.78 is 13.6. The molecule has 0 fully saturated rings. The van der Waals surface area contributed by atoms with Gasteiger partial charge in [-0.1, -0.05) is 13.0 Å². The van der Waals surface area contributed by atoms with Crippen molar-refractivity contribution in [2.24, 2.45) is 0 Å². The lowest BCUT2D eigenvalue weighted by Crippen LogP contribution is -2.23. The molecule has 0 aliphatic heterocycles. The van der Waals surface area contributed by atoms with Gasteiger partial charge in [-0.15, -0.1) is 0 Å². The van der Waals surface area contributed by atoms with E-state index < -0.39 is 0 Å². The Morgan fingerprint density at radius 3 is 2.68 bits per heavy atom. The summed E-state index contributed by atoms with van der Waals surface area (Å²) in [7, 11) is 0. The number of hydrogen-bond donors (Lipinski definition) is 1. The Labute approximate surface area is 113 Å². The Balaban J connectivity index is 2.48. The summed E-state index contributed by atoms with van der Waals surface area (Å²) in [4.78, 5) is 4.19. The zero-order valence-electron chi connectivity index (χ0n) is 11.6. The SMILES string of the molecule is CCNC(c1cc(C)cc(F)c1)c1cnccc1C. The summed E-state index contributed by atoms with van der Waals surface area (Å²) in [5.74, 6) is -0.195. The molecule has 0 spiro atoms. The third kappa shape index (κ3) is 3.18. The lowest BCUT2D eigenvalue weighted by Gasteiger charge is -2.21. The topological polar surface area (TPSA) is 24.9 Å². The highest BCUT2D eigenvalue weighted by Crippen LogP contribution is 2.25. The average molecular weight is 258 g/mol. The maximum Gasteiger partial charge on any atom is 0.123 e. The van der Waals surface area contributed by atoms with Gasteiger partial charge in [-0.2, -0.15) is 0 Å². The van der Waals surface area contributed by atoms with Crippen LogP contribution in [0.1, 0.15) is 35.2 Å². The van der Waals surface area contributed by atoms with E-state index in [0.29, 0.717) is 0 Å². The van der Waals surface area contributed by atoms with Crippen molar-refractivity contribution < 1.29 is 4.39 Å². The number of nitrogens with one attached hydrogen (secondary N) is 1. The van der Waals surface area contributed by atoms with Crippen LogP contribution in [-0.2, 0) is 0 Å². The van der Waals surface area contributed by atoms with Gasteiger partial charge in [0.1, 0.15) is 5.82 Å². The van der Waals surface area contributed by atoms with Crippen LogP contribution >= 0.6 is 0 Å². The lowest BCUT2D eigenvalue weighted by atomic mass is 9.95. The van der Waals surface area contributed by atoms with E-state index >= 15 is 0 Å². The molecule has 0 amide bonds. The van der Waals surface area contributed by atoms with Crippen LogP contribution in [0.4, 0.5) is 4.39 Å². The zero-order chi connectivity index (χ0) is 13.8. The van der Waals surface area contributed by atoms with Gasteiger partial charge in [-0.3, -0.25) is 4.98 Å². The van der Waals surface area contributed by atoms with Gasteiger partial charge in [0, 0.05) is 12.4 Å². The largest absolute Gasteiger partial charge is 0.306 e. The van der Waals surface area contributed by atoms with Crippen molar-refractivity contribution in [3.63, 3.8) is 0 Å². The first-order chi connectivity index (χ1) is 9.11. The molecule has 19 heavy (non-hydrogen) atoms. The van der Waals surface area contributed by atoms with Crippen LogP contribution in [-0.4, -0.2) is 11.5 Å². The summed E-state index contributed by atoms with van der Waals surface area (Å²) in [5.41, 5.74) is 4.12. The minimum atomic E-state index is -0.195. The second-order valence-corrected chi connectivity index (χ2v) is 4.78. The molecule has 0 saturated heterocycles. The summed E-state index contributed by atoms with van der Waals surface area (Å²) in [6.45, 7) is 6.82. The fourth-order valence-corrected chi connectivity index (χ4v) is 2.32. The van der Waals surface area contributed by atoms with E-state index in [2.05, 4.69) is 10.3 Å². The van der Waals surface area contributed by atoms with E-state index in [1.54, 1.807) is 18.3 Å². The number of rotatable bonds is 4. The highest BCUT2D eigenvalue weighted by Gasteiger charge is 2.16. The van der Waals surface area contributed by atoms with Crippen molar-refractivity contribution in [1.29, 1.82) is 0 Å². The second kappa shape index (κ2) is 5.93. The van der Waals surface area contributed by atoms with Crippen LogP contribution in [0.2, 0.25) is 0 Å². The van der Waals surface area contributed by atoms with Crippen molar-refractivity contribution in [2.45, 2.75) is 26.8 Å². The van der Waals surface area contributed by atoms with Crippen LogP contribution in [0.25, 0.3) is 0 Å². The molecule has 1 aromatic heterocycles. The Hall–Kier alpha value is -1.74. The second-order valence-electron chi connectivity index (χ2n) is 4.78. The summed E-state index contributed by atoms with van der Waals surface area (Å²) in [6, 6.07) is 7.11. The minimum absolute atomic E-state index is 0.0203. The molecule has 0 saturated carbocycles. The van der Waals surface area contributed by atoms with Gasteiger partial charge in [0.05, 0.1) is 6.04 Å². The van der Waals surface area contributed by atoms with Crippen molar-refractivity contribution in [2.75, 3.05) is 6.54 Å². The number of pyridine rings is 1. The van der Waals surface area contributed by atoms with Crippen molar-refractivity contribution >= 4 is 0 Å². The van der Waals surface area contributed by atoms with Crippen LogP contribution in [0.15, 0.2) is 36.7 Å². The van der Waals surface area contributed by atoms with E-state index in [4.69, 9.17) is 0 Å². The first-order valence-electron chi connectivity index (χ1n) is 6.52. The quantitative estimate of drug-likeness (QED) is 0.907. The van der Waals surface area contributed by atoms with E-state index in [1.165, 1.54) is 0 Å². The van der Waals surface area contributed by atoms with Gasteiger partial charge in [-0.25, -0.2) is 4.39 Å². The monoisotopic (exact) mass is 258 g/mol. The van der Waals surface area contributed by atoms with Crippen LogP contribution in [0.3, 0.4) is 0 Å². The molecule has 3 heteroatoms. The predicted octanol–water partition coefficient (Wildman–Crippen LogP) is 3.54. The van der Waals surface area contributed by atoms with E-state index in [9.17, 15) is 4.39 Å². The summed E-state index contributed by atoms with van der Waals surface area (Å²) in [6.07, 6.45) is 3.63. The third-order valence-electron chi connectivity index (χ3n) is 3.20. The van der Waals surface area contributed by atoms with E-state index in [1.807, 2.05) is 39.1 Å². The van der Waals surface area contributed by atoms with Gasteiger partial charge in [0.2, 0.25) is 0 Å². The first kappa shape index (κ1) is 13.7. The molecular formula is C16H19FN2. The maximum absolute atomic E-state index is 13.6. The molecule has 2 aromatic rings. The van der Waals surface area contributed by atoms with Gasteiger partial charge >= 0.3 is 0 Å². The smallest absolute Gasteiger partial charge is 0.123 e. The number of benzene rings is 1. The number of aromatic nitrogens is 1. The van der Waals surface area contributed by atoms with E-state index in [0.717, 1.165) is 28.8 Å². The number of aryl methyl sites for hydroxylation is 2. The van der Waals surface area contributed by atoms with Gasteiger partial charge in [0.15, 0.2) is 0 Å². The Bertz CT molecular complexity index is 546. The first-order valence-corrected chi connectivity index (χ1v) is 6.52. The molecule has 2 nitrogen and oxygen atoms in total. The van der Waals surface area contributed by atoms with Crippen molar-refractivity contribution in [3.05, 3.63) is 64.7 Å². The van der Waals surface area contributed by atoms with Crippen molar-refractivity contribution in [1.82, 2.24) is 10.3 Å². The van der Waals surface area contributed by atoms with Crippen LogP contribution < -0.4 is 5.32 Å². The Morgan fingerprint density at radius 1 is 1.26 bits per heavy atom. The average Bonchev–Trinajstić information content (AvgIpc) is 2.36. The molecule has 0 radical (unpaired) electrons. The zero-order valence-corrected chi connectivity index (χ0v) is 11.6. The molecule has 0 bridgehead atoms.